The first-order valence-electron chi connectivity index (χ1n) is 10.9. The highest BCUT2D eigenvalue weighted by Crippen LogP contribution is 2.42. The van der Waals surface area contributed by atoms with Gasteiger partial charge in [0.05, 0.1) is 35.4 Å². The fourth-order valence-electron chi connectivity index (χ4n) is 3.53. The third-order valence-corrected chi connectivity index (χ3v) is 5.48. The summed E-state index contributed by atoms with van der Waals surface area (Å²) in [5.41, 5.74) is -2.29. The molecule has 0 amide bonds. The van der Waals surface area contributed by atoms with Crippen LogP contribution in [0, 0.1) is 45.3 Å². The van der Waals surface area contributed by atoms with Crippen LogP contribution in [0.5, 0.6) is 0 Å². The van der Waals surface area contributed by atoms with Crippen molar-refractivity contribution in [3.63, 3.8) is 0 Å². The van der Waals surface area contributed by atoms with Crippen molar-refractivity contribution in [2.75, 3.05) is 0 Å². The molecule has 0 aliphatic carbocycles. The van der Waals surface area contributed by atoms with Crippen LogP contribution in [0.4, 0.5) is 26.3 Å². The number of aromatic nitrogens is 2. The Bertz CT molecular complexity index is 1570. The maximum Gasteiger partial charge on any atom is 0.416 e. The van der Waals surface area contributed by atoms with Crippen molar-refractivity contribution in [1.82, 2.24) is 9.97 Å². The first-order chi connectivity index (χ1) is 18.9. The van der Waals surface area contributed by atoms with Gasteiger partial charge in [0.2, 0.25) is 23.6 Å². The second-order valence-electron chi connectivity index (χ2n) is 7.99. The van der Waals surface area contributed by atoms with Crippen LogP contribution in [-0.4, -0.2) is 9.97 Å². The zero-order valence-electron chi connectivity index (χ0n) is 19.5. The minimum absolute atomic E-state index is 0.0288. The van der Waals surface area contributed by atoms with Gasteiger partial charge in [-0.05, 0) is 24.3 Å². The molecule has 40 heavy (non-hydrogen) atoms. The zero-order valence-corrected chi connectivity index (χ0v) is 19.5. The molecule has 8 nitrogen and oxygen atoms in total. The highest BCUT2D eigenvalue weighted by Gasteiger charge is 2.34. The molecule has 0 bridgehead atoms. The topological polar surface area (TPSA) is 147 Å². The van der Waals surface area contributed by atoms with Crippen molar-refractivity contribution in [2.24, 2.45) is 0 Å². The Balaban J connectivity index is 1.98. The standard InChI is InChI=1S/C26H10F6N6O2/c27-25(28,29)17-5-1-13(2-6-17)19-21(39-23(37-19)15(9-33)10-34)22-20(38-24(40-22)16(11-35)12-36)14-3-7-18(8-4-14)26(30,31)32/h1-8,15-16H. The Morgan fingerprint density at radius 3 is 1.10 bits per heavy atom. The lowest BCUT2D eigenvalue weighted by atomic mass is 10.0. The molecule has 2 aromatic heterocycles. The van der Waals surface area contributed by atoms with Gasteiger partial charge in [0.1, 0.15) is 11.4 Å². The van der Waals surface area contributed by atoms with Gasteiger partial charge in [-0.1, -0.05) is 24.3 Å². The molecule has 2 aromatic carbocycles. The predicted molar refractivity (Wildman–Crippen MR) is 121 cm³/mol. The number of oxazole rings is 2. The van der Waals surface area contributed by atoms with Crippen LogP contribution in [0.15, 0.2) is 57.4 Å². The summed E-state index contributed by atoms with van der Waals surface area (Å²) in [6, 6.07) is 13.8. The van der Waals surface area contributed by atoms with Gasteiger partial charge in [-0.3, -0.25) is 0 Å². The molecule has 198 valence electrons. The fraction of sp³-hybridized carbons (Fsp3) is 0.154. The number of alkyl halides is 6. The van der Waals surface area contributed by atoms with Crippen molar-refractivity contribution in [3.05, 3.63) is 71.4 Å². The summed E-state index contributed by atoms with van der Waals surface area (Å²) < 4.78 is 89.9. The van der Waals surface area contributed by atoms with Crippen LogP contribution < -0.4 is 0 Å². The van der Waals surface area contributed by atoms with E-state index < -0.39 is 47.1 Å². The Kier molecular flexibility index (Phi) is 7.05. The van der Waals surface area contributed by atoms with Crippen molar-refractivity contribution >= 4 is 0 Å². The number of halogens is 6. The Hall–Kier alpha value is -5.60. The van der Waals surface area contributed by atoms with Crippen molar-refractivity contribution < 1.29 is 35.2 Å². The summed E-state index contributed by atoms with van der Waals surface area (Å²) in [5, 5.41) is 37.3. The van der Waals surface area contributed by atoms with E-state index in [-0.39, 0.29) is 34.0 Å². The highest BCUT2D eigenvalue weighted by atomic mass is 19.4. The summed E-state index contributed by atoms with van der Waals surface area (Å²) in [4.78, 5) is 8.21. The monoisotopic (exact) mass is 552 g/mol. The van der Waals surface area contributed by atoms with E-state index in [0.29, 0.717) is 0 Å². The van der Waals surface area contributed by atoms with Crippen LogP contribution in [0.25, 0.3) is 34.0 Å². The summed E-state index contributed by atoms with van der Waals surface area (Å²) in [6.45, 7) is 0. The van der Waals surface area contributed by atoms with Gasteiger partial charge in [-0.2, -0.15) is 47.4 Å². The van der Waals surface area contributed by atoms with Crippen molar-refractivity contribution in [2.45, 2.75) is 24.2 Å². The second-order valence-corrected chi connectivity index (χ2v) is 7.99. The van der Waals surface area contributed by atoms with E-state index in [9.17, 15) is 47.4 Å². The first kappa shape index (κ1) is 27.4. The van der Waals surface area contributed by atoms with Crippen molar-refractivity contribution in [3.8, 4) is 58.3 Å². The fourth-order valence-corrected chi connectivity index (χ4v) is 3.53. The molecule has 0 unspecified atom stereocenters. The van der Waals surface area contributed by atoms with Gasteiger partial charge in [0, 0.05) is 11.1 Å². The summed E-state index contributed by atoms with van der Waals surface area (Å²) in [5.74, 6) is -4.72. The molecule has 0 atom stereocenters. The lowest BCUT2D eigenvalue weighted by molar-refractivity contribution is -0.138. The van der Waals surface area contributed by atoms with E-state index in [2.05, 4.69) is 9.97 Å². The highest BCUT2D eigenvalue weighted by molar-refractivity contribution is 5.83. The Morgan fingerprint density at radius 2 is 0.850 bits per heavy atom. The molecule has 14 heteroatoms. The van der Waals surface area contributed by atoms with Gasteiger partial charge < -0.3 is 8.83 Å². The number of nitrogens with zero attached hydrogens (tertiary/aromatic N) is 6. The molecule has 0 spiro atoms. The normalized spacial score (nSPS) is 11.6. The van der Waals surface area contributed by atoms with Crippen LogP contribution in [0.3, 0.4) is 0 Å². The number of benzene rings is 2. The van der Waals surface area contributed by atoms with Gasteiger partial charge in [0.15, 0.2) is 11.5 Å². The molecule has 2 heterocycles. The molecule has 0 aliphatic rings. The van der Waals surface area contributed by atoms with Gasteiger partial charge in [0.25, 0.3) is 0 Å². The van der Waals surface area contributed by atoms with E-state index in [1.165, 1.54) is 0 Å². The van der Waals surface area contributed by atoms with Crippen LogP contribution in [-0.2, 0) is 12.4 Å². The van der Waals surface area contributed by atoms with E-state index in [1.807, 2.05) is 0 Å². The lowest BCUT2D eigenvalue weighted by Gasteiger charge is -2.08. The molecule has 4 rings (SSSR count). The zero-order chi connectivity index (χ0) is 29.2. The number of rotatable bonds is 5. The first-order valence-corrected chi connectivity index (χ1v) is 10.9. The lowest BCUT2D eigenvalue weighted by Crippen LogP contribution is -2.04. The molecule has 0 saturated heterocycles. The average molecular weight is 552 g/mol. The quantitative estimate of drug-likeness (QED) is 0.241. The Morgan fingerprint density at radius 1 is 0.550 bits per heavy atom. The van der Waals surface area contributed by atoms with Gasteiger partial charge in [-0.15, -0.1) is 0 Å². The van der Waals surface area contributed by atoms with Crippen molar-refractivity contribution in [1.29, 1.82) is 21.0 Å². The molecule has 0 radical (unpaired) electrons. The second kappa shape index (κ2) is 10.3. The molecule has 4 aromatic rings. The number of hydrogen-bond acceptors (Lipinski definition) is 8. The predicted octanol–water partition coefficient (Wildman–Crippen LogP) is 6.96. The largest absolute Gasteiger partial charge is 0.434 e. The van der Waals surface area contributed by atoms with Crippen LogP contribution in [0.1, 0.15) is 34.7 Å². The third kappa shape index (κ3) is 5.20. The van der Waals surface area contributed by atoms with E-state index in [0.717, 1.165) is 48.5 Å². The summed E-state index contributed by atoms with van der Waals surface area (Å²) in [7, 11) is 0. The maximum absolute atomic E-state index is 13.1. The summed E-state index contributed by atoms with van der Waals surface area (Å²) in [6.07, 6.45) is -9.30. The molecule has 0 aliphatic heterocycles. The molecular formula is C26H10F6N6O2. The van der Waals surface area contributed by atoms with Crippen LogP contribution in [0.2, 0.25) is 0 Å². The SMILES string of the molecule is N#CC(C#N)c1nc(-c2ccc(C(F)(F)F)cc2)c(-c2oc(C(C#N)C#N)nc2-c2ccc(C(F)(F)F)cc2)o1. The van der Waals surface area contributed by atoms with E-state index in [1.54, 1.807) is 24.3 Å². The smallest absolute Gasteiger partial charge is 0.416 e. The Labute approximate surface area is 220 Å². The minimum Gasteiger partial charge on any atom is -0.434 e. The molecule has 0 fully saturated rings. The van der Waals surface area contributed by atoms with E-state index >= 15 is 0 Å². The number of hydrogen-bond donors (Lipinski definition) is 0. The minimum atomic E-state index is -4.65. The summed E-state index contributed by atoms with van der Waals surface area (Å²) >= 11 is 0. The average Bonchev–Trinajstić information content (AvgIpc) is 3.55. The third-order valence-electron chi connectivity index (χ3n) is 5.48. The molecule has 0 saturated carbocycles. The molecular weight excluding hydrogens is 542 g/mol. The van der Waals surface area contributed by atoms with Gasteiger partial charge >= 0.3 is 12.4 Å². The maximum atomic E-state index is 13.1. The van der Waals surface area contributed by atoms with E-state index in [4.69, 9.17) is 8.83 Å². The van der Waals surface area contributed by atoms with Gasteiger partial charge in [-0.25, -0.2) is 9.97 Å². The number of nitriles is 4. The van der Waals surface area contributed by atoms with Crippen LogP contribution >= 0.6 is 0 Å². The molecule has 0 N–H and O–H groups in total.